The summed E-state index contributed by atoms with van der Waals surface area (Å²) in [5.74, 6) is -0.498. The number of hydrogen-bond acceptors (Lipinski definition) is 3. The van der Waals surface area contributed by atoms with Crippen molar-refractivity contribution in [1.82, 2.24) is 5.32 Å². The van der Waals surface area contributed by atoms with E-state index in [0.717, 1.165) is 16.8 Å². The van der Waals surface area contributed by atoms with Gasteiger partial charge in [0.2, 0.25) is 5.78 Å². The van der Waals surface area contributed by atoms with E-state index in [2.05, 4.69) is 10.6 Å². The van der Waals surface area contributed by atoms with Crippen LogP contribution in [-0.2, 0) is 0 Å². The van der Waals surface area contributed by atoms with E-state index >= 15 is 0 Å². The molecule has 0 radical (unpaired) electrons. The van der Waals surface area contributed by atoms with Crippen molar-refractivity contribution in [2.24, 2.45) is 0 Å². The molecule has 0 aromatic heterocycles. The molecular formula is C23H22N2O2. The van der Waals surface area contributed by atoms with Crippen LogP contribution in [0.2, 0.25) is 0 Å². The minimum absolute atomic E-state index is 0.197. The molecule has 0 saturated heterocycles. The van der Waals surface area contributed by atoms with E-state index in [9.17, 15) is 9.59 Å². The van der Waals surface area contributed by atoms with E-state index < -0.39 is 6.17 Å². The van der Waals surface area contributed by atoms with Crippen molar-refractivity contribution < 1.29 is 9.59 Å². The summed E-state index contributed by atoms with van der Waals surface area (Å²) in [6.07, 6.45) is -0.872. The molecule has 0 fully saturated rings. The van der Waals surface area contributed by atoms with E-state index in [1.165, 1.54) is 0 Å². The lowest BCUT2D eigenvalue weighted by molar-refractivity contribution is 0.0869. The van der Waals surface area contributed by atoms with Gasteiger partial charge in [0, 0.05) is 16.8 Å². The number of Topliss-reactive ketones (excluding diaryl/α,β-unsaturated/α-hetero) is 1. The standard InChI is InChI=1S/C23H22N2O2/c1-16-11-13-19(14-12-16)23(27)25-22(21(26)18-8-4-3-5-9-18)24-20-10-6-7-17(2)15-20/h3-15,22,24H,1-2H3,(H,25,27)/t22-/m0/s1. The maximum absolute atomic E-state index is 13.0. The predicted octanol–water partition coefficient (Wildman–Crippen LogP) is 4.35. The van der Waals surface area contributed by atoms with Crippen LogP contribution in [-0.4, -0.2) is 17.9 Å². The zero-order valence-electron chi connectivity index (χ0n) is 15.4. The van der Waals surface area contributed by atoms with Crippen molar-refractivity contribution in [2.75, 3.05) is 5.32 Å². The van der Waals surface area contributed by atoms with Gasteiger partial charge in [-0.1, -0.05) is 60.2 Å². The van der Waals surface area contributed by atoms with Crippen LogP contribution in [0, 0.1) is 13.8 Å². The maximum atomic E-state index is 13.0. The van der Waals surface area contributed by atoms with Crippen molar-refractivity contribution in [3.8, 4) is 0 Å². The summed E-state index contributed by atoms with van der Waals surface area (Å²) in [6.45, 7) is 3.94. The fraction of sp³-hybridized carbons (Fsp3) is 0.130. The minimum atomic E-state index is -0.872. The van der Waals surface area contributed by atoms with Gasteiger partial charge in [0.1, 0.15) is 0 Å². The molecule has 136 valence electrons. The molecule has 0 bridgehead atoms. The van der Waals surface area contributed by atoms with Gasteiger partial charge in [-0.15, -0.1) is 0 Å². The van der Waals surface area contributed by atoms with E-state index in [4.69, 9.17) is 0 Å². The van der Waals surface area contributed by atoms with Gasteiger partial charge in [-0.05, 0) is 43.7 Å². The summed E-state index contributed by atoms with van der Waals surface area (Å²) < 4.78 is 0. The summed E-state index contributed by atoms with van der Waals surface area (Å²) >= 11 is 0. The van der Waals surface area contributed by atoms with E-state index in [1.807, 2.05) is 56.3 Å². The van der Waals surface area contributed by atoms with Gasteiger partial charge in [-0.3, -0.25) is 9.59 Å². The van der Waals surface area contributed by atoms with E-state index in [0.29, 0.717) is 11.1 Å². The molecule has 4 nitrogen and oxygen atoms in total. The van der Waals surface area contributed by atoms with Gasteiger partial charge in [-0.2, -0.15) is 0 Å². The first-order valence-corrected chi connectivity index (χ1v) is 8.83. The number of nitrogens with one attached hydrogen (secondary N) is 2. The fourth-order valence-corrected chi connectivity index (χ4v) is 2.76. The topological polar surface area (TPSA) is 58.2 Å². The second-order valence-electron chi connectivity index (χ2n) is 6.52. The Morgan fingerprint density at radius 2 is 1.44 bits per heavy atom. The molecular weight excluding hydrogens is 336 g/mol. The molecule has 1 atom stereocenters. The van der Waals surface area contributed by atoms with Gasteiger partial charge in [-0.25, -0.2) is 0 Å². The molecule has 0 heterocycles. The predicted molar refractivity (Wildman–Crippen MR) is 108 cm³/mol. The quantitative estimate of drug-likeness (QED) is 0.509. The van der Waals surface area contributed by atoms with Crippen molar-refractivity contribution >= 4 is 17.4 Å². The highest BCUT2D eigenvalue weighted by molar-refractivity contribution is 6.05. The number of anilines is 1. The summed E-state index contributed by atoms with van der Waals surface area (Å²) in [6, 6.07) is 23.9. The van der Waals surface area contributed by atoms with E-state index in [1.54, 1.807) is 36.4 Å². The molecule has 0 spiro atoms. The summed E-state index contributed by atoms with van der Waals surface area (Å²) in [4.78, 5) is 25.6. The Balaban J connectivity index is 1.85. The first-order chi connectivity index (χ1) is 13.0. The van der Waals surface area contributed by atoms with E-state index in [-0.39, 0.29) is 11.7 Å². The third kappa shape index (κ3) is 4.82. The summed E-state index contributed by atoms with van der Waals surface area (Å²) in [7, 11) is 0. The Labute approximate surface area is 159 Å². The lowest BCUT2D eigenvalue weighted by Crippen LogP contribution is -2.46. The van der Waals surface area contributed by atoms with Crippen molar-refractivity contribution in [1.29, 1.82) is 0 Å². The Bertz CT molecular complexity index is 934. The third-order valence-electron chi connectivity index (χ3n) is 4.24. The van der Waals surface area contributed by atoms with Crippen LogP contribution in [0.15, 0.2) is 78.9 Å². The van der Waals surface area contributed by atoms with Crippen LogP contribution in [0.3, 0.4) is 0 Å². The van der Waals surface area contributed by atoms with Gasteiger partial charge < -0.3 is 10.6 Å². The SMILES string of the molecule is Cc1ccc(C(=O)N[C@H](Nc2cccc(C)c2)C(=O)c2ccccc2)cc1. The second kappa shape index (κ2) is 8.32. The smallest absolute Gasteiger partial charge is 0.253 e. The summed E-state index contributed by atoms with van der Waals surface area (Å²) in [5.41, 5.74) is 3.95. The van der Waals surface area contributed by atoms with Crippen LogP contribution >= 0.6 is 0 Å². The minimum Gasteiger partial charge on any atom is -0.359 e. The molecule has 3 aromatic carbocycles. The molecule has 1 amide bonds. The molecule has 0 aliphatic heterocycles. The molecule has 3 rings (SSSR count). The van der Waals surface area contributed by atoms with Gasteiger partial charge in [0.25, 0.3) is 5.91 Å². The normalized spacial score (nSPS) is 11.5. The van der Waals surface area contributed by atoms with Crippen molar-refractivity contribution in [3.63, 3.8) is 0 Å². The number of carbonyl (C=O) groups is 2. The molecule has 0 unspecified atom stereocenters. The molecule has 0 saturated carbocycles. The molecule has 0 aliphatic carbocycles. The van der Waals surface area contributed by atoms with Crippen LogP contribution in [0.5, 0.6) is 0 Å². The fourth-order valence-electron chi connectivity index (χ4n) is 2.76. The molecule has 0 aliphatic rings. The number of aryl methyl sites for hydroxylation is 2. The molecule has 2 N–H and O–H groups in total. The monoisotopic (exact) mass is 358 g/mol. The number of amides is 1. The van der Waals surface area contributed by atoms with Crippen LogP contribution < -0.4 is 10.6 Å². The Morgan fingerprint density at radius 1 is 0.741 bits per heavy atom. The number of rotatable bonds is 6. The highest BCUT2D eigenvalue weighted by atomic mass is 16.2. The van der Waals surface area contributed by atoms with Gasteiger partial charge in [0.15, 0.2) is 6.17 Å². The highest BCUT2D eigenvalue weighted by Gasteiger charge is 2.22. The van der Waals surface area contributed by atoms with Crippen molar-refractivity contribution in [3.05, 3.63) is 101 Å². The first kappa shape index (κ1) is 18.4. The largest absolute Gasteiger partial charge is 0.359 e. The van der Waals surface area contributed by atoms with Crippen LogP contribution in [0.1, 0.15) is 31.8 Å². The lowest BCUT2D eigenvalue weighted by atomic mass is 10.1. The second-order valence-corrected chi connectivity index (χ2v) is 6.52. The van der Waals surface area contributed by atoms with Crippen LogP contribution in [0.4, 0.5) is 5.69 Å². The Kier molecular flexibility index (Phi) is 5.67. The third-order valence-corrected chi connectivity index (χ3v) is 4.24. The average molecular weight is 358 g/mol. The van der Waals surface area contributed by atoms with Crippen LogP contribution in [0.25, 0.3) is 0 Å². The first-order valence-electron chi connectivity index (χ1n) is 8.83. The lowest BCUT2D eigenvalue weighted by Gasteiger charge is -2.21. The number of carbonyl (C=O) groups excluding carboxylic acids is 2. The Hall–Kier alpha value is -3.40. The average Bonchev–Trinajstić information content (AvgIpc) is 2.68. The number of ketones is 1. The van der Waals surface area contributed by atoms with Crippen molar-refractivity contribution in [2.45, 2.75) is 20.0 Å². The van der Waals surface area contributed by atoms with Gasteiger partial charge >= 0.3 is 0 Å². The zero-order chi connectivity index (χ0) is 19.2. The molecule has 4 heteroatoms. The summed E-state index contributed by atoms with van der Waals surface area (Å²) in [5, 5.41) is 5.97. The number of benzene rings is 3. The molecule has 27 heavy (non-hydrogen) atoms. The Morgan fingerprint density at radius 3 is 2.11 bits per heavy atom. The number of hydrogen-bond donors (Lipinski definition) is 2. The van der Waals surface area contributed by atoms with Gasteiger partial charge in [0.05, 0.1) is 0 Å². The maximum Gasteiger partial charge on any atom is 0.253 e. The zero-order valence-corrected chi connectivity index (χ0v) is 15.4. The molecule has 3 aromatic rings. The highest BCUT2D eigenvalue weighted by Crippen LogP contribution is 2.13.